The van der Waals surface area contributed by atoms with E-state index in [4.69, 9.17) is 9.47 Å². The van der Waals surface area contributed by atoms with Crippen molar-refractivity contribution in [1.82, 2.24) is 9.80 Å². The van der Waals surface area contributed by atoms with Crippen molar-refractivity contribution in [2.24, 2.45) is 0 Å². The Labute approximate surface area is 216 Å². The molecule has 5 rings (SSSR count). The third-order valence-electron chi connectivity index (χ3n) is 7.50. The molecular formula is C28H34FN3O5. The normalized spacial score (nSPS) is 26.7. The fourth-order valence-electron chi connectivity index (χ4n) is 5.54. The van der Waals surface area contributed by atoms with Crippen LogP contribution in [0.2, 0.25) is 0 Å². The molecule has 37 heavy (non-hydrogen) atoms. The second kappa shape index (κ2) is 11.6. The Morgan fingerprint density at radius 3 is 2.43 bits per heavy atom. The molecule has 0 spiro atoms. The lowest BCUT2D eigenvalue weighted by molar-refractivity contribution is -0.155. The summed E-state index contributed by atoms with van der Waals surface area (Å²) in [6.45, 7) is 3.19. The molecule has 8 nitrogen and oxygen atoms in total. The standard InChI is InChI=1S/C28H34FN3O5/c29-24-9-5-4-8-23(24)28(35)32-17-21(33)18-36-19-26-25(32)11-10-22(37-26)16-27(34)31-14-12-30(13-15-31)20-6-2-1-3-7-20/h1-9,21-22,25-26,33H,10-19H2/t21-,22-,25-,26+/m0/s1. The lowest BCUT2D eigenvalue weighted by Gasteiger charge is -2.45. The quantitative estimate of drug-likeness (QED) is 0.679. The van der Waals surface area contributed by atoms with E-state index in [9.17, 15) is 19.1 Å². The molecule has 3 heterocycles. The summed E-state index contributed by atoms with van der Waals surface area (Å²) in [6, 6.07) is 15.7. The van der Waals surface area contributed by atoms with Crippen molar-refractivity contribution in [1.29, 1.82) is 0 Å². The largest absolute Gasteiger partial charge is 0.389 e. The van der Waals surface area contributed by atoms with E-state index >= 15 is 0 Å². The number of halogens is 1. The number of aliphatic hydroxyl groups is 1. The number of amides is 2. The highest BCUT2D eigenvalue weighted by Gasteiger charge is 2.41. The molecule has 0 unspecified atom stereocenters. The number of β-amino-alcohol motifs (C(OH)–C–C–N with tert-alkyl or cyclic N) is 1. The summed E-state index contributed by atoms with van der Waals surface area (Å²) in [4.78, 5) is 32.1. The first-order chi connectivity index (χ1) is 18.0. The number of piperazine rings is 1. The first-order valence-electron chi connectivity index (χ1n) is 13.0. The van der Waals surface area contributed by atoms with E-state index in [1.54, 1.807) is 6.07 Å². The van der Waals surface area contributed by atoms with Crippen LogP contribution in [0.3, 0.4) is 0 Å². The van der Waals surface area contributed by atoms with E-state index in [0.717, 1.165) is 13.1 Å². The van der Waals surface area contributed by atoms with Crippen LogP contribution in [-0.4, -0.2) is 97.0 Å². The highest BCUT2D eigenvalue weighted by Crippen LogP contribution is 2.29. The molecule has 3 aliphatic heterocycles. The SMILES string of the molecule is O=C(C[C@@H]1CC[C@H]2[C@@H](COC[C@@H](O)CN2C(=O)c2ccccc2F)O1)N1CCN(c2ccccc2)CC1. The van der Waals surface area contributed by atoms with Gasteiger partial charge in [-0.15, -0.1) is 0 Å². The van der Waals surface area contributed by atoms with Gasteiger partial charge in [-0.25, -0.2) is 4.39 Å². The smallest absolute Gasteiger partial charge is 0.257 e. The van der Waals surface area contributed by atoms with Crippen LogP contribution in [0.25, 0.3) is 0 Å². The Morgan fingerprint density at radius 2 is 1.68 bits per heavy atom. The molecule has 3 fully saturated rings. The van der Waals surface area contributed by atoms with Crippen LogP contribution in [0.4, 0.5) is 10.1 Å². The van der Waals surface area contributed by atoms with Crippen LogP contribution in [0.5, 0.6) is 0 Å². The van der Waals surface area contributed by atoms with Crippen molar-refractivity contribution in [3.63, 3.8) is 0 Å². The van der Waals surface area contributed by atoms with Gasteiger partial charge < -0.3 is 29.3 Å². The van der Waals surface area contributed by atoms with Crippen LogP contribution in [0.15, 0.2) is 54.6 Å². The minimum Gasteiger partial charge on any atom is -0.389 e. The molecule has 198 valence electrons. The summed E-state index contributed by atoms with van der Waals surface area (Å²) >= 11 is 0. The number of hydrogen-bond acceptors (Lipinski definition) is 6. The third-order valence-corrected chi connectivity index (χ3v) is 7.50. The minimum atomic E-state index is -0.870. The van der Waals surface area contributed by atoms with Crippen molar-refractivity contribution in [2.45, 2.75) is 43.6 Å². The monoisotopic (exact) mass is 511 g/mol. The highest BCUT2D eigenvalue weighted by molar-refractivity contribution is 5.94. The summed E-state index contributed by atoms with van der Waals surface area (Å²) in [7, 11) is 0. The number of rotatable bonds is 4. The number of anilines is 1. The summed E-state index contributed by atoms with van der Waals surface area (Å²) in [5.41, 5.74) is 1.14. The molecule has 2 aromatic rings. The van der Waals surface area contributed by atoms with E-state index in [2.05, 4.69) is 17.0 Å². The first-order valence-corrected chi connectivity index (χ1v) is 13.0. The van der Waals surface area contributed by atoms with Crippen molar-refractivity contribution in [2.75, 3.05) is 50.8 Å². The van der Waals surface area contributed by atoms with Crippen LogP contribution >= 0.6 is 0 Å². The Bertz CT molecular complexity index is 1080. The summed E-state index contributed by atoms with van der Waals surface area (Å²) in [5, 5.41) is 10.3. The van der Waals surface area contributed by atoms with Gasteiger partial charge in [0.15, 0.2) is 0 Å². The van der Waals surface area contributed by atoms with Gasteiger partial charge in [0.2, 0.25) is 5.91 Å². The van der Waals surface area contributed by atoms with Crippen LogP contribution in [-0.2, 0) is 14.3 Å². The maximum atomic E-state index is 14.4. The predicted molar refractivity (Wildman–Crippen MR) is 136 cm³/mol. The predicted octanol–water partition coefficient (Wildman–Crippen LogP) is 2.31. The van der Waals surface area contributed by atoms with E-state index < -0.39 is 23.9 Å². The molecule has 0 bridgehead atoms. The zero-order valence-electron chi connectivity index (χ0n) is 20.9. The lowest BCUT2D eigenvalue weighted by Crippen LogP contribution is -2.58. The average molecular weight is 512 g/mol. The number of hydrogen-bond donors (Lipinski definition) is 1. The van der Waals surface area contributed by atoms with Crippen LogP contribution < -0.4 is 4.90 Å². The Balaban J connectivity index is 1.20. The third kappa shape index (κ3) is 5.95. The van der Waals surface area contributed by atoms with Gasteiger partial charge in [0, 0.05) is 38.4 Å². The molecule has 3 saturated heterocycles. The molecular weight excluding hydrogens is 477 g/mol. The fourth-order valence-corrected chi connectivity index (χ4v) is 5.54. The minimum absolute atomic E-state index is 0.0260. The van der Waals surface area contributed by atoms with Crippen molar-refractivity contribution in [3.8, 4) is 0 Å². The number of ether oxygens (including phenoxy) is 2. The molecule has 2 aromatic carbocycles. The van der Waals surface area contributed by atoms with Crippen molar-refractivity contribution < 1.29 is 28.6 Å². The number of nitrogens with zero attached hydrogens (tertiary/aromatic N) is 3. The van der Waals surface area contributed by atoms with Crippen LogP contribution in [0, 0.1) is 5.82 Å². The molecule has 0 saturated carbocycles. The van der Waals surface area contributed by atoms with Gasteiger partial charge in [-0.1, -0.05) is 30.3 Å². The molecule has 3 aliphatic rings. The number of carbonyl (C=O) groups excluding carboxylic acids is 2. The fraction of sp³-hybridized carbons (Fsp3) is 0.500. The Hall–Kier alpha value is -3.01. The number of para-hydroxylation sites is 1. The second-order valence-corrected chi connectivity index (χ2v) is 9.98. The van der Waals surface area contributed by atoms with E-state index in [1.165, 1.54) is 28.8 Å². The molecule has 0 aliphatic carbocycles. The topological polar surface area (TPSA) is 82.5 Å². The van der Waals surface area contributed by atoms with Gasteiger partial charge in [-0.3, -0.25) is 9.59 Å². The number of benzene rings is 2. The maximum Gasteiger partial charge on any atom is 0.257 e. The number of carbonyl (C=O) groups is 2. The van der Waals surface area contributed by atoms with Gasteiger partial charge in [-0.05, 0) is 37.1 Å². The van der Waals surface area contributed by atoms with E-state index in [1.807, 2.05) is 23.1 Å². The molecule has 9 heteroatoms. The summed E-state index contributed by atoms with van der Waals surface area (Å²) in [5.74, 6) is -0.995. The number of aliphatic hydroxyl groups excluding tert-OH is 1. The van der Waals surface area contributed by atoms with Gasteiger partial charge >= 0.3 is 0 Å². The van der Waals surface area contributed by atoms with Crippen LogP contribution in [0.1, 0.15) is 29.6 Å². The first kappa shape index (κ1) is 25.6. The average Bonchev–Trinajstić information content (AvgIpc) is 2.91. The molecule has 0 radical (unpaired) electrons. The lowest BCUT2D eigenvalue weighted by atomic mass is 9.94. The zero-order valence-corrected chi connectivity index (χ0v) is 20.9. The van der Waals surface area contributed by atoms with Crippen molar-refractivity contribution >= 4 is 17.5 Å². The van der Waals surface area contributed by atoms with E-state index in [0.29, 0.717) is 25.9 Å². The Morgan fingerprint density at radius 1 is 0.946 bits per heavy atom. The highest BCUT2D eigenvalue weighted by atomic mass is 19.1. The molecule has 2 amide bonds. The number of fused-ring (bicyclic) bond motifs is 1. The Kier molecular flexibility index (Phi) is 8.02. The van der Waals surface area contributed by atoms with Crippen molar-refractivity contribution in [3.05, 3.63) is 66.0 Å². The maximum absolute atomic E-state index is 14.4. The van der Waals surface area contributed by atoms with Gasteiger partial charge in [0.1, 0.15) is 11.9 Å². The zero-order chi connectivity index (χ0) is 25.8. The second-order valence-electron chi connectivity index (χ2n) is 9.98. The molecule has 1 N–H and O–H groups in total. The molecule has 0 aromatic heterocycles. The van der Waals surface area contributed by atoms with E-state index in [-0.39, 0.29) is 49.8 Å². The molecule has 4 atom stereocenters. The summed E-state index contributed by atoms with van der Waals surface area (Å²) < 4.78 is 26.3. The summed E-state index contributed by atoms with van der Waals surface area (Å²) in [6.07, 6.45) is -0.151. The van der Waals surface area contributed by atoms with Gasteiger partial charge in [-0.2, -0.15) is 0 Å². The van der Waals surface area contributed by atoms with Gasteiger partial charge in [0.05, 0.1) is 43.4 Å². The van der Waals surface area contributed by atoms with Gasteiger partial charge in [0.25, 0.3) is 5.91 Å².